The summed E-state index contributed by atoms with van der Waals surface area (Å²) in [5.74, 6) is -0.656. The van der Waals surface area contributed by atoms with Gasteiger partial charge in [0.15, 0.2) is 11.6 Å². The summed E-state index contributed by atoms with van der Waals surface area (Å²) in [6, 6.07) is 2.50. The molecule has 0 aromatic heterocycles. The van der Waals surface area contributed by atoms with Gasteiger partial charge in [0.05, 0.1) is 4.92 Å². The zero-order valence-corrected chi connectivity index (χ0v) is 10.2. The lowest BCUT2D eigenvalue weighted by atomic mass is 10.0. The largest absolute Gasteiger partial charge is 0.295 e. The third kappa shape index (κ3) is 2.33. The zero-order chi connectivity index (χ0) is 12.5. The minimum absolute atomic E-state index is 0.106. The first-order valence-electron chi connectivity index (χ1n) is 4.34. The maximum absolute atomic E-state index is 11.3. The summed E-state index contributed by atoms with van der Waals surface area (Å²) in [5.41, 5.74) is 0.0115. The van der Waals surface area contributed by atoms with Crippen LogP contribution < -0.4 is 0 Å². The average molecular weight is 286 g/mol. The predicted octanol–water partition coefficient (Wildman–Crippen LogP) is 2.76. The molecule has 84 valence electrons. The number of rotatable bonds is 3. The molecule has 16 heavy (non-hydrogen) atoms. The number of ketones is 2. The van der Waals surface area contributed by atoms with Gasteiger partial charge in [0, 0.05) is 17.2 Å². The molecule has 0 unspecified atom stereocenters. The number of benzene rings is 1. The zero-order valence-electron chi connectivity index (χ0n) is 8.61. The molecule has 0 atom stereocenters. The fraction of sp³-hybridized carbons (Fsp3) is 0.200. The molecule has 0 radical (unpaired) electrons. The van der Waals surface area contributed by atoms with E-state index in [9.17, 15) is 19.7 Å². The second-order valence-electron chi connectivity index (χ2n) is 3.23. The number of Topliss-reactive ketones (excluding diaryl/α,β-unsaturated/α-hetero) is 2. The van der Waals surface area contributed by atoms with E-state index in [1.807, 2.05) is 0 Å². The molecule has 0 fully saturated rings. The van der Waals surface area contributed by atoms with Crippen LogP contribution in [0.3, 0.4) is 0 Å². The molecule has 1 aromatic rings. The normalized spacial score (nSPS) is 9.94. The average Bonchev–Trinajstić information content (AvgIpc) is 2.16. The molecule has 0 heterocycles. The Morgan fingerprint density at radius 1 is 1.25 bits per heavy atom. The minimum atomic E-state index is -0.636. The Kier molecular flexibility index (Phi) is 3.54. The van der Waals surface area contributed by atoms with Crippen molar-refractivity contribution in [3.63, 3.8) is 0 Å². The summed E-state index contributed by atoms with van der Waals surface area (Å²) in [4.78, 5) is 32.5. The molecule has 6 heteroatoms. The van der Waals surface area contributed by atoms with Crippen molar-refractivity contribution in [3.05, 3.63) is 37.8 Å². The SMILES string of the molecule is CC(=O)c1cc(C(C)=O)c(Br)c([N+](=O)[O-])c1. The van der Waals surface area contributed by atoms with Crippen molar-refractivity contribution in [2.45, 2.75) is 13.8 Å². The van der Waals surface area contributed by atoms with Gasteiger partial charge >= 0.3 is 0 Å². The number of carbonyl (C=O) groups is 2. The molecule has 0 saturated heterocycles. The number of nitro groups is 1. The lowest BCUT2D eigenvalue weighted by molar-refractivity contribution is -0.385. The number of hydrogen-bond donors (Lipinski definition) is 0. The third-order valence-electron chi connectivity index (χ3n) is 2.04. The van der Waals surface area contributed by atoms with Crippen LogP contribution in [0, 0.1) is 10.1 Å². The van der Waals surface area contributed by atoms with Crippen LogP contribution in [0.25, 0.3) is 0 Å². The summed E-state index contributed by atoms with van der Waals surface area (Å²) >= 11 is 2.99. The number of carbonyl (C=O) groups excluding carboxylic acids is 2. The number of hydrogen-bond acceptors (Lipinski definition) is 4. The Hall–Kier alpha value is -1.56. The van der Waals surface area contributed by atoms with Crippen LogP contribution >= 0.6 is 15.9 Å². The van der Waals surface area contributed by atoms with E-state index >= 15 is 0 Å². The van der Waals surface area contributed by atoms with Crippen molar-refractivity contribution >= 4 is 33.2 Å². The fourth-order valence-electron chi connectivity index (χ4n) is 1.20. The van der Waals surface area contributed by atoms with E-state index in [0.29, 0.717) is 0 Å². The summed E-state index contributed by atoms with van der Waals surface area (Å²) in [6.45, 7) is 2.57. The van der Waals surface area contributed by atoms with Gasteiger partial charge in [-0.25, -0.2) is 0 Å². The van der Waals surface area contributed by atoms with E-state index in [1.54, 1.807) is 0 Å². The lowest BCUT2D eigenvalue weighted by Gasteiger charge is -2.04. The van der Waals surface area contributed by atoms with Gasteiger partial charge < -0.3 is 0 Å². The molecular weight excluding hydrogens is 278 g/mol. The van der Waals surface area contributed by atoms with Crippen LogP contribution in [0.4, 0.5) is 5.69 Å². The fourth-order valence-corrected chi connectivity index (χ4v) is 1.85. The highest BCUT2D eigenvalue weighted by Crippen LogP contribution is 2.30. The van der Waals surface area contributed by atoms with Crippen LogP contribution in [0.2, 0.25) is 0 Å². The van der Waals surface area contributed by atoms with Gasteiger partial charge in [-0.3, -0.25) is 19.7 Å². The molecule has 0 aliphatic carbocycles. The Morgan fingerprint density at radius 3 is 2.19 bits per heavy atom. The monoisotopic (exact) mass is 285 g/mol. The Balaban J connectivity index is 3.57. The highest BCUT2D eigenvalue weighted by Gasteiger charge is 2.20. The number of nitrogens with zero attached hydrogens (tertiary/aromatic N) is 1. The van der Waals surface area contributed by atoms with Crippen LogP contribution in [0.1, 0.15) is 34.6 Å². The van der Waals surface area contributed by atoms with Gasteiger partial charge in [-0.05, 0) is 35.8 Å². The molecule has 0 aliphatic heterocycles. The molecule has 0 N–H and O–H groups in total. The highest BCUT2D eigenvalue weighted by atomic mass is 79.9. The Bertz CT molecular complexity index is 461. The lowest BCUT2D eigenvalue weighted by Crippen LogP contribution is -2.03. The number of nitro benzene ring substituents is 1. The van der Waals surface area contributed by atoms with Crippen molar-refractivity contribution in [1.29, 1.82) is 0 Å². The first kappa shape index (κ1) is 12.5. The third-order valence-corrected chi connectivity index (χ3v) is 2.87. The van der Waals surface area contributed by atoms with Crippen LogP contribution in [-0.2, 0) is 0 Å². The Morgan fingerprint density at radius 2 is 1.81 bits per heavy atom. The Labute approximate surface area is 99.7 Å². The van der Waals surface area contributed by atoms with E-state index in [0.717, 1.165) is 6.07 Å². The summed E-state index contributed by atoms with van der Waals surface area (Å²) in [7, 11) is 0. The first-order chi connectivity index (χ1) is 7.34. The summed E-state index contributed by atoms with van der Waals surface area (Å²) in [5, 5.41) is 10.7. The first-order valence-corrected chi connectivity index (χ1v) is 5.13. The second kappa shape index (κ2) is 4.52. The van der Waals surface area contributed by atoms with Crippen molar-refractivity contribution < 1.29 is 14.5 Å². The highest BCUT2D eigenvalue weighted by molar-refractivity contribution is 9.10. The van der Waals surface area contributed by atoms with Gasteiger partial charge in [-0.1, -0.05) is 0 Å². The molecule has 5 nitrogen and oxygen atoms in total. The van der Waals surface area contributed by atoms with Crippen LogP contribution in [0.5, 0.6) is 0 Å². The van der Waals surface area contributed by atoms with E-state index in [4.69, 9.17) is 0 Å². The maximum Gasteiger partial charge on any atom is 0.284 e. The molecule has 0 spiro atoms. The van der Waals surface area contributed by atoms with Crippen molar-refractivity contribution in [1.82, 2.24) is 0 Å². The standard InChI is InChI=1S/C10H8BrNO4/c1-5(13)7-3-8(6(2)14)10(11)9(4-7)12(15)16/h3-4H,1-2H3. The van der Waals surface area contributed by atoms with E-state index in [1.165, 1.54) is 19.9 Å². The molecule has 0 amide bonds. The van der Waals surface area contributed by atoms with Gasteiger partial charge in [-0.2, -0.15) is 0 Å². The van der Waals surface area contributed by atoms with Crippen molar-refractivity contribution in [2.75, 3.05) is 0 Å². The smallest absolute Gasteiger partial charge is 0.284 e. The molecule has 0 saturated carbocycles. The quantitative estimate of drug-likeness (QED) is 0.486. The summed E-state index contributed by atoms with van der Waals surface area (Å²) in [6.07, 6.45) is 0. The molecule has 1 aromatic carbocycles. The minimum Gasteiger partial charge on any atom is -0.295 e. The topological polar surface area (TPSA) is 77.3 Å². The van der Waals surface area contributed by atoms with Crippen molar-refractivity contribution in [2.24, 2.45) is 0 Å². The van der Waals surface area contributed by atoms with Crippen molar-refractivity contribution in [3.8, 4) is 0 Å². The molecule has 0 bridgehead atoms. The van der Waals surface area contributed by atoms with E-state index in [2.05, 4.69) is 15.9 Å². The van der Waals surface area contributed by atoms with Gasteiger partial charge in [0.2, 0.25) is 0 Å². The predicted molar refractivity (Wildman–Crippen MR) is 60.8 cm³/mol. The van der Waals surface area contributed by atoms with Gasteiger partial charge in [0.25, 0.3) is 5.69 Å². The maximum atomic E-state index is 11.3. The van der Waals surface area contributed by atoms with Crippen LogP contribution in [0.15, 0.2) is 16.6 Å². The van der Waals surface area contributed by atoms with E-state index in [-0.39, 0.29) is 32.9 Å². The molecule has 0 aliphatic rings. The molecule has 1 rings (SSSR count). The van der Waals surface area contributed by atoms with Gasteiger partial charge in [0.1, 0.15) is 4.47 Å². The van der Waals surface area contributed by atoms with Crippen LogP contribution in [-0.4, -0.2) is 16.5 Å². The molecular formula is C10H8BrNO4. The second-order valence-corrected chi connectivity index (χ2v) is 4.02. The number of halogens is 1. The van der Waals surface area contributed by atoms with E-state index < -0.39 is 4.92 Å². The summed E-state index contributed by atoms with van der Waals surface area (Å²) < 4.78 is 0.106. The van der Waals surface area contributed by atoms with Gasteiger partial charge in [-0.15, -0.1) is 0 Å².